The van der Waals surface area contributed by atoms with Crippen LogP contribution in [-0.2, 0) is 9.84 Å². The van der Waals surface area contributed by atoms with Crippen LogP contribution in [0.15, 0.2) is 36.4 Å². The van der Waals surface area contributed by atoms with E-state index in [0.717, 1.165) is 5.69 Å². The summed E-state index contributed by atoms with van der Waals surface area (Å²) in [5.41, 5.74) is 3.35. The van der Waals surface area contributed by atoms with Crippen LogP contribution in [0.5, 0.6) is 0 Å². The molecule has 1 aliphatic heterocycles. The summed E-state index contributed by atoms with van der Waals surface area (Å²) in [5.74, 6) is -0.176. The number of nitrogens with one attached hydrogen (secondary N) is 1. The quantitative estimate of drug-likeness (QED) is 0.745. The highest BCUT2D eigenvalue weighted by Crippen LogP contribution is 2.25. The van der Waals surface area contributed by atoms with Gasteiger partial charge in [0.1, 0.15) is 0 Å². The Morgan fingerprint density at radius 1 is 1.22 bits per heavy atom. The highest BCUT2D eigenvalue weighted by atomic mass is 32.2. The third-order valence-corrected chi connectivity index (χ3v) is 6.52. The van der Waals surface area contributed by atoms with Crippen molar-refractivity contribution in [3.63, 3.8) is 0 Å². The normalized spacial score (nSPS) is 18.7. The number of sulfone groups is 1. The number of para-hydroxylation sites is 1. The zero-order chi connectivity index (χ0) is 19.2. The molecule has 0 saturated carbocycles. The van der Waals surface area contributed by atoms with E-state index in [-0.39, 0.29) is 23.5 Å². The van der Waals surface area contributed by atoms with Crippen LogP contribution in [0.4, 0.5) is 0 Å². The van der Waals surface area contributed by atoms with Crippen LogP contribution in [0.3, 0.4) is 0 Å². The summed E-state index contributed by atoms with van der Waals surface area (Å²) in [6.45, 7) is 3.67. The van der Waals surface area contributed by atoms with E-state index in [0.29, 0.717) is 34.4 Å². The van der Waals surface area contributed by atoms with Crippen LogP contribution < -0.4 is 5.32 Å². The van der Waals surface area contributed by atoms with Crippen LogP contribution in [-0.4, -0.2) is 46.6 Å². The fourth-order valence-electron chi connectivity index (χ4n) is 3.51. The van der Waals surface area contributed by atoms with Crippen LogP contribution in [0.25, 0.3) is 16.7 Å². The molecule has 1 unspecified atom stereocenters. The average molecular weight is 384 g/mol. The average Bonchev–Trinajstić information content (AvgIpc) is 3.14. The standard InChI is InChI=1S/C19H20N4O3S/c1-12-10-16(19(24)21-14-8-9-27(25,26)11-14)17-13(2)22-23(18(17)20-12)15-6-4-3-5-7-15/h3-7,10,14H,8-9,11H2,1-2H3,(H,21,24). The third kappa shape index (κ3) is 3.32. The highest BCUT2D eigenvalue weighted by molar-refractivity contribution is 7.91. The van der Waals surface area contributed by atoms with Crippen molar-refractivity contribution in [3.05, 3.63) is 53.3 Å². The molecule has 1 aliphatic rings. The van der Waals surface area contributed by atoms with Gasteiger partial charge in [0, 0.05) is 11.7 Å². The number of rotatable bonds is 3. The molecule has 1 fully saturated rings. The topological polar surface area (TPSA) is 94.0 Å². The Kier molecular flexibility index (Phi) is 4.22. The van der Waals surface area contributed by atoms with Gasteiger partial charge in [0.15, 0.2) is 15.5 Å². The van der Waals surface area contributed by atoms with E-state index in [2.05, 4.69) is 15.4 Å². The van der Waals surface area contributed by atoms with E-state index >= 15 is 0 Å². The summed E-state index contributed by atoms with van der Waals surface area (Å²) in [7, 11) is -3.06. The molecular formula is C19H20N4O3S. The number of nitrogens with zero attached hydrogens (tertiary/aromatic N) is 3. The van der Waals surface area contributed by atoms with Crippen LogP contribution in [0, 0.1) is 13.8 Å². The van der Waals surface area contributed by atoms with Gasteiger partial charge in [-0.25, -0.2) is 18.1 Å². The maximum absolute atomic E-state index is 12.9. The Morgan fingerprint density at radius 2 is 1.96 bits per heavy atom. The Morgan fingerprint density at radius 3 is 2.63 bits per heavy atom. The van der Waals surface area contributed by atoms with Gasteiger partial charge < -0.3 is 5.32 Å². The van der Waals surface area contributed by atoms with Gasteiger partial charge in [0.2, 0.25) is 0 Å². The van der Waals surface area contributed by atoms with Gasteiger partial charge in [0.05, 0.1) is 33.8 Å². The lowest BCUT2D eigenvalue weighted by Gasteiger charge is -2.12. The molecule has 8 heteroatoms. The van der Waals surface area contributed by atoms with Crippen molar-refractivity contribution in [1.29, 1.82) is 0 Å². The summed E-state index contributed by atoms with van der Waals surface area (Å²) in [4.78, 5) is 17.5. The zero-order valence-electron chi connectivity index (χ0n) is 15.1. The molecule has 1 atom stereocenters. The number of aryl methyl sites for hydroxylation is 2. The second kappa shape index (κ2) is 6.45. The van der Waals surface area contributed by atoms with Crippen molar-refractivity contribution in [1.82, 2.24) is 20.1 Å². The molecule has 3 heterocycles. The van der Waals surface area contributed by atoms with Crippen LogP contribution >= 0.6 is 0 Å². The fraction of sp³-hybridized carbons (Fsp3) is 0.316. The number of pyridine rings is 1. The molecule has 4 rings (SSSR count). The summed E-state index contributed by atoms with van der Waals surface area (Å²) in [6.07, 6.45) is 0.448. The molecule has 7 nitrogen and oxygen atoms in total. The van der Waals surface area contributed by atoms with Crippen molar-refractivity contribution in [2.24, 2.45) is 0 Å². The van der Waals surface area contributed by atoms with Crippen LogP contribution in [0.2, 0.25) is 0 Å². The zero-order valence-corrected chi connectivity index (χ0v) is 16.0. The molecule has 1 aromatic carbocycles. The maximum atomic E-state index is 12.9. The number of amides is 1. The number of aromatic nitrogens is 3. The predicted molar refractivity (Wildman–Crippen MR) is 103 cm³/mol. The minimum atomic E-state index is -3.06. The van der Waals surface area contributed by atoms with E-state index in [1.54, 1.807) is 10.7 Å². The molecule has 1 saturated heterocycles. The van der Waals surface area contributed by atoms with Gasteiger partial charge >= 0.3 is 0 Å². The first-order valence-corrected chi connectivity index (χ1v) is 10.6. The molecule has 2 aromatic heterocycles. The van der Waals surface area contributed by atoms with Gasteiger partial charge in [-0.2, -0.15) is 5.10 Å². The van der Waals surface area contributed by atoms with Crippen molar-refractivity contribution in [3.8, 4) is 5.69 Å². The Bertz CT molecular complexity index is 1140. The predicted octanol–water partition coefficient (Wildman–Crippen LogP) is 1.95. The SMILES string of the molecule is Cc1cc(C(=O)NC2CCS(=O)(=O)C2)c2c(C)nn(-c3ccccc3)c2n1. The van der Waals surface area contributed by atoms with Crippen LogP contribution in [0.1, 0.15) is 28.2 Å². The van der Waals surface area contributed by atoms with Crippen molar-refractivity contribution < 1.29 is 13.2 Å². The molecule has 1 N–H and O–H groups in total. The minimum absolute atomic E-state index is 0.00575. The first-order chi connectivity index (χ1) is 12.8. The molecule has 1 amide bonds. The lowest BCUT2D eigenvalue weighted by molar-refractivity contribution is 0.0942. The molecular weight excluding hydrogens is 364 g/mol. The lowest BCUT2D eigenvalue weighted by atomic mass is 10.1. The summed E-state index contributed by atoms with van der Waals surface area (Å²) in [6, 6.07) is 11.0. The Labute approximate surface area is 157 Å². The van der Waals surface area contributed by atoms with Gasteiger partial charge in [-0.05, 0) is 38.5 Å². The Hall–Kier alpha value is -2.74. The fourth-order valence-corrected chi connectivity index (χ4v) is 5.19. The second-order valence-corrected chi connectivity index (χ2v) is 9.14. The lowest BCUT2D eigenvalue weighted by Crippen LogP contribution is -2.35. The van der Waals surface area contributed by atoms with Crippen molar-refractivity contribution >= 4 is 26.8 Å². The number of hydrogen-bond donors (Lipinski definition) is 1. The third-order valence-electron chi connectivity index (χ3n) is 4.75. The summed E-state index contributed by atoms with van der Waals surface area (Å²) in [5, 5.41) is 8.12. The number of carbonyl (C=O) groups excluding carboxylic acids is 1. The first-order valence-electron chi connectivity index (χ1n) is 8.78. The molecule has 0 bridgehead atoms. The molecule has 0 spiro atoms. The van der Waals surface area contributed by atoms with Crippen molar-refractivity contribution in [2.75, 3.05) is 11.5 Å². The second-order valence-electron chi connectivity index (χ2n) is 6.92. The van der Waals surface area contributed by atoms with Gasteiger partial charge in [-0.15, -0.1) is 0 Å². The van der Waals surface area contributed by atoms with E-state index in [1.165, 1.54) is 0 Å². The molecule has 140 valence electrons. The summed E-state index contributed by atoms with van der Waals surface area (Å²) < 4.78 is 25.1. The van der Waals surface area contributed by atoms with E-state index in [1.807, 2.05) is 44.2 Å². The molecule has 0 aliphatic carbocycles. The van der Waals surface area contributed by atoms with Gasteiger partial charge in [0.25, 0.3) is 5.91 Å². The van der Waals surface area contributed by atoms with Gasteiger partial charge in [-0.1, -0.05) is 18.2 Å². The largest absolute Gasteiger partial charge is 0.348 e. The Balaban J connectivity index is 1.77. The van der Waals surface area contributed by atoms with E-state index < -0.39 is 9.84 Å². The smallest absolute Gasteiger partial charge is 0.252 e. The number of benzene rings is 1. The number of fused-ring (bicyclic) bond motifs is 1. The minimum Gasteiger partial charge on any atom is -0.348 e. The summed E-state index contributed by atoms with van der Waals surface area (Å²) >= 11 is 0. The molecule has 0 radical (unpaired) electrons. The number of carbonyl (C=O) groups is 1. The monoisotopic (exact) mass is 384 g/mol. The molecule has 27 heavy (non-hydrogen) atoms. The maximum Gasteiger partial charge on any atom is 0.252 e. The van der Waals surface area contributed by atoms with E-state index in [4.69, 9.17) is 0 Å². The van der Waals surface area contributed by atoms with Gasteiger partial charge in [-0.3, -0.25) is 4.79 Å². The number of hydrogen-bond acceptors (Lipinski definition) is 5. The van der Waals surface area contributed by atoms with Crippen molar-refractivity contribution in [2.45, 2.75) is 26.3 Å². The first kappa shape index (κ1) is 17.7. The van der Waals surface area contributed by atoms with E-state index in [9.17, 15) is 13.2 Å². The highest BCUT2D eigenvalue weighted by Gasteiger charge is 2.30. The molecule has 3 aromatic rings.